The van der Waals surface area contributed by atoms with Crippen LogP contribution in [0.3, 0.4) is 0 Å². The molecule has 0 bridgehead atoms. The lowest BCUT2D eigenvalue weighted by Crippen LogP contribution is -2.32. The second kappa shape index (κ2) is 6.60. The number of hydrogen-bond acceptors (Lipinski definition) is 5. The largest absolute Gasteiger partial charge is 0.365 e. The number of aromatic amines is 1. The lowest BCUT2D eigenvalue weighted by molar-refractivity contribution is 0.0392. The summed E-state index contributed by atoms with van der Waals surface area (Å²) in [6.45, 7) is 0.373. The molecular weight excluding hydrogens is 329 g/mol. The smallest absolute Gasteiger partial charge is 0.254 e. The molecule has 0 unspecified atom stereocenters. The van der Waals surface area contributed by atoms with Crippen molar-refractivity contribution >= 4 is 29.1 Å². The first-order chi connectivity index (χ1) is 10.6. The van der Waals surface area contributed by atoms with Gasteiger partial charge in [0.1, 0.15) is 12.4 Å². The minimum absolute atomic E-state index is 0.0848. The van der Waals surface area contributed by atoms with E-state index in [1.165, 1.54) is 18.7 Å². The third-order valence-corrected chi connectivity index (χ3v) is 3.99. The fourth-order valence-electron chi connectivity index (χ4n) is 2.35. The summed E-state index contributed by atoms with van der Waals surface area (Å²) in [6.07, 6.45) is 5.66. The maximum absolute atomic E-state index is 12.2. The van der Waals surface area contributed by atoms with Crippen molar-refractivity contribution < 1.29 is 9.53 Å². The van der Waals surface area contributed by atoms with Crippen molar-refractivity contribution in [2.45, 2.75) is 25.0 Å². The standard InChI is InChI=1S/C13H13Cl2N5O2/c14-8-4-16-5-9(15)11(8)13(21)17-3-7-1-2-10(22-7)12-18-6-19-20-12/h4-7,10H,1-3H2,(H,17,21)(H,18,19,20)/t7-,10+/m1/s1. The molecule has 3 rings (SSSR count). The summed E-state index contributed by atoms with van der Waals surface area (Å²) in [5.74, 6) is 0.359. The molecule has 9 heteroatoms. The highest BCUT2D eigenvalue weighted by Gasteiger charge is 2.29. The number of ether oxygens (including phenoxy) is 1. The number of aromatic nitrogens is 4. The van der Waals surface area contributed by atoms with Crippen molar-refractivity contribution in [1.82, 2.24) is 25.5 Å². The number of amides is 1. The van der Waals surface area contributed by atoms with E-state index < -0.39 is 0 Å². The molecule has 2 N–H and O–H groups in total. The van der Waals surface area contributed by atoms with Gasteiger partial charge in [-0.15, -0.1) is 0 Å². The van der Waals surface area contributed by atoms with E-state index in [0.29, 0.717) is 12.4 Å². The molecule has 1 aliphatic heterocycles. The maximum atomic E-state index is 12.2. The van der Waals surface area contributed by atoms with Crippen LogP contribution in [-0.2, 0) is 4.74 Å². The second-order valence-corrected chi connectivity index (χ2v) is 5.70. The summed E-state index contributed by atoms with van der Waals surface area (Å²) in [5, 5.41) is 9.81. The Morgan fingerprint density at radius 2 is 2.14 bits per heavy atom. The minimum atomic E-state index is -0.343. The Morgan fingerprint density at radius 3 is 2.82 bits per heavy atom. The predicted molar refractivity (Wildman–Crippen MR) is 79.8 cm³/mol. The Labute approximate surface area is 136 Å². The van der Waals surface area contributed by atoms with Crippen LogP contribution in [0.4, 0.5) is 0 Å². The van der Waals surface area contributed by atoms with Gasteiger partial charge in [0.2, 0.25) is 0 Å². The van der Waals surface area contributed by atoms with Crippen LogP contribution in [0.2, 0.25) is 10.0 Å². The van der Waals surface area contributed by atoms with E-state index in [9.17, 15) is 4.79 Å². The number of carbonyl (C=O) groups is 1. The van der Waals surface area contributed by atoms with Gasteiger partial charge in [-0.2, -0.15) is 5.10 Å². The molecule has 0 aliphatic carbocycles. The van der Waals surface area contributed by atoms with Gasteiger partial charge >= 0.3 is 0 Å². The molecule has 1 saturated heterocycles. The number of nitrogens with one attached hydrogen (secondary N) is 2. The molecule has 1 aliphatic rings. The summed E-state index contributed by atoms with van der Waals surface area (Å²) >= 11 is 11.9. The van der Waals surface area contributed by atoms with Crippen molar-refractivity contribution in [3.8, 4) is 0 Å². The van der Waals surface area contributed by atoms with E-state index >= 15 is 0 Å². The lowest BCUT2D eigenvalue weighted by Gasteiger charge is -2.13. The molecule has 7 nitrogen and oxygen atoms in total. The number of rotatable bonds is 4. The van der Waals surface area contributed by atoms with Crippen molar-refractivity contribution in [2.75, 3.05) is 6.54 Å². The predicted octanol–water partition coefficient (Wildman–Crippen LogP) is 2.16. The van der Waals surface area contributed by atoms with Crippen LogP contribution in [0, 0.1) is 0 Å². The van der Waals surface area contributed by atoms with Crippen LogP contribution >= 0.6 is 23.2 Å². The first-order valence-electron chi connectivity index (χ1n) is 6.73. The molecule has 116 valence electrons. The molecule has 2 aromatic heterocycles. The first-order valence-corrected chi connectivity index (χ1v) is 7.48. The van der Waals surface area contributed by atoms with Crippen molar-refractivity contribution in [3.63, 3.8) is 0 Å². The van der Waals surface area contributed by atoms with E-state index in [1.807, 2.05) is 0 Å². The SMILES string of the molecule is O=C(NC[C@H]1CC[C@@H](c2ncn[nH]2)O1)c1c(Cl)cncc1Cl. The number of H-pyrrole nitrogens is 1. The molecule has 1 fully saturated rings. The molecule has 2 aromatic rings. The molecule has 0 saturated carbocycles. The minimum Gasteiger partial charge on any atom is -0.365 e. The molecule has 22 heavy (non-hydrogen) atoms. The number of hydrogen-bond donors (Lipinski definition) is 2. The Hall–Kier alpha value is -1.70. The molecule has 0 spiro atoms. The maximum Gasteiger partial charge on any atom is 0.254 e. The third kappa shape index (κ3) is 3.21. The summed E-state index contributed by atoms with van der Waals surface area (Å²) < 4.78 is 5.83. The van der Waals surface area contributed by atoms with Gasteiger partial charge in [0.25, 0.3) is 5.91 Å². The summed E-state index contributed by atoms with van der Waals surface area (Å²) in [7, 11) is 0. The van der Waals surface area contributed by atoms with Gasteiger partial charge in [0, 0.05) is 18.9 Å². The molecule has 2 atom stereocenters. The molecule has 0 radical (unpaired) electrons. The summed E-state index contributed by atoms with van der Waals surface area (Å²) in [5.41, 5.74) is 0.225. The first kappa shape index (κ1) is 15.2. The van der Waals surface area contributed by atoms with Crippen molar-refractivity contribution in [1.29, 1.82) is 0 Å². The van der Waals surface area contributed by atoms with Crippen LogP contribution in [-0.4, -0.2) is 38.7 Å². The van der Waals surface area contributed by atoms with Crippen LogP contribution in [0.1, 0.15) is 35.1 Å². The third-order valence-electron chi connectivity index (χ3n) is 3.42. The monoisotopic (exact) mass is 341 g/mol. The zero-order valence-electron chi connectivity index (χ0n) is 11.4. The van der Waals surface area contributed by atoms with Gasteiger partial charge in [-0.1, -0.05) is 23.2 Å². The Morgan fingerprint density at radius 1 is 1.36 bits per heavy atom. The Kier molecular flexibility index (Phi) is 4.56. The molecule has 0 aromatic carbocycles. The normalized spacial score (nSPS) is 21.0. The highest BCUT2D eigenvalue weighted by Crippen LogP contribution is 2.30. The van der Waals surface area contributed by atoms with Gasteiger partial charge in [-0.05, 0) is 12.8 Å². The summed E-state index contributed by atoms with van der Waals surface area (Å²) in [4.78, 5) is 20.1. The average Bonchev–Trinajstić information content (AvgIpc) is 3.16. The van der Waals surface area contributed by atoms with E-state index in [0.717, 1.165) is 12.8 Å². The highest BCUT2D eigenvalue weighted by atomic mass is 35.5. The molecule has 3 heterocycles. The quantitative estimate of drug-likeness (QED) is 0.888. The van der Waals surface area contributed by atoms with Gasteiger partial charge in [0.05, 0.1) is 21.7 Å². The topological polar surface area (TPSA) is 92.8 Å². The van der Waals surface area contributed by atoms with Gasteiger partial charge in [-0.3, -0.25) is 14.9 Å². The van der Waals surface area contributed by atoms with Crippen LogP contribution in [0.15, 0.2) is 18.7 Å². The average molecular weight is 342 g/mol. The number of pyridine rings is 1. The van der Waals surface area contributed by atoms with Gasteiger partial charge < -0.3 is 10.1 Å². The zero-order valence-corrected chi connectivity index (χ0v) is 12.9. The van der Waals surface area contributed by atoms with E-state index in [2.05, 4.69) is 25.5 Å². The van der Waals surface area contributed by atoms with Gasteiger partial charge in [0.15, 0.2) is 5.82 Å². The second-order valence-electron chi connectivity index (χ2n) is 4.88. The fourth-order valence-corrected chi connectivity index (χ4v) is 2.89. The zero-order chi connectivity index (χ0) is 15.5. The molecular formula is C13H13Cl2N5O2. The van der Waals surface area contributed by atoms with Crippen molar-refractivity contribution in [3.05, 3.63) is 40.2 Å². The van der Waals surface area contributed by atoms with Crippen LogP contribution in [0.5, 0.6) is 0 Å². The van der Waals surface area contributed by atoms with E-state index in [1.54, 1.807) is 0 Å². The number of carbonyl (C=O) groups excluding carboxylic acids is 1. The van der Waals surface area contributed by atoms with Crippen LogP contribution < -0.4 is 5.32 Å². The molecule has 1 amide bonds. The van der Waals surface area contributed by atoms with Gasteiger partial charge in [-0.25, -0.2) is 4.98 Å². The summed E-state index contributed by atoms with van der Waals surface area (Å²) in [6, 6.07) is 0. The Bertz CT molecular complexity index is 644. The van der Waals surface area contributed by atoms with E-state index in [4.69, 9.17) is 27.9 Å². The lowest BCUT2D eigenvalue weighted by atomic mass is 10.2. The van der Waals surface area contributed by atoms with Crippen molar-refractivity contribution in [2.24, 2.45) is 0 Å². The Balaban J connectivity index is 1.56. The van der Waals surface area contributed by atoms with E-state index in [-0.39, 0.29) is 33.7 Å². The number of nitrogens with zero attached hydrogens (tertiary/aromatic N) is 3. The fraction of sp³-hybridized carbons (Fsp3) is 0.385. The highest BCUT2D eigenvalue weighted by molar-refractivity contribution is 6.39. The number of halogens is 2. The van der Waals surface area contributed by atoms with Crippen LogP contribution in [0.25, 0.3) is 0 Å².